The highest BCUT2D eigenvalue weighted by Crippen LogP contribution is 2.45. The standard InChI is InChI=1S/C28H29NO6/c1-4-5-6-15-34-20-11-9-19(10-12-20)26(31)24-25(23-14-8-18(3)35-23)29(28(33)27(24)32)21-16-17(2)7-13-22(21)30/h7-14,16,25,30-31H,4-6,15H2,1-3H3/b26-24-. The van der Waals surface area contributed by atoms with E-state index in [1.165, 1.54) is 11.0 Å². The maximum atomic E-state index is 13.2. The van der Waals surface area contributed by atoms with Crippen LogP contribution in [0.2, 0.25) is 0 Å². The van der Waals surface area contributed by atoms with Gasteiger partial charge in [0.25, 0.3) is 11.7 Å². The number of carbonyl (C=O) groups excluding carboxylic acids is 2. The molecule has 0 spiro atoms. The molecule has 1 aliphatic rings. The molecule has 182 valence electrons. The van der Waals surface area contributed by atoms with Crippen molar-refractivity contribution in [2.45, 2.75) is 46.1 Å². The van der Waals surface area contributed by atoms with Gasteiger partial charge >= 0.3 is 0 Å². The largest absolute Gasteiger partial charge is 0.507 e. The van der Waals surface area contributed by atoms with E-state index in [0.717, 1.165) is 24.8 Å². The maximum Gasteiger partial charge on any atom is 0.300 e. The Bertz CT molecular complexity index is 1270. The van der Waals surface area contributed by atoms with Crippen molar-refractivity contribution >= 4 is 23.1 Å². The Hall–Kier alpha value is -4.00. The predicted molar refractivity (Wildman–Crippen MR) is 133 cm³/mol. The summed E-state index contributed by atoms with van der Waals surface area (Å²) in [6.07, 6.45) is 3.14. The Kier molecular flexibility index (Phi) is 6.96. The van der Waals surface area contributed by atoms with E-state index in [-0.39, 0.29) is 22.8 Å². The van der Waals surface area contributed by atoms with E-state index >= 15 is 0 Å². The third kappa shape index (κ3) is 4.80. The second-order valence-electron chi connectivity index (χ2n) is 8.69. The van der Waals surface area contributed by atoms with Gasteiger partial charge in [-0.1, -0.05) is 25.8 Å². The first-order valence-electron chi connectivity index (χ1n) is 11.7. The molecule has 0 radical (unpaired) electrons. The summed E-state index contributed by atoms with van der Waals surface area (Å²) in [5.74, 6) is -0.653. The molecule has 2 N–H and O–H groups in total. The third-order valence-corrected chi connectivity index (χ3v) is 6.01. The van der Waals surface area contributed by atoms with Gasteiger partial charge in [0.15, 0.2) is 0 Å². The van der Waals surface area contributed by atoms with Crippen LogP contribution in [-0.4, -0.2) is 28.5 Å². The van der Waals surface area contributed by atoms with E-state index < -0.39 is 17.7 Å². The van der Waals surface area contributed by atoms with Crippen molar-refractivity contribution in [3.63, 3.8) is 0 Å². The van der Waals surface area contributed by atoms with Crippen molar-refractivity contribution in [1.82, 2.24) is 0 Å². The van der Waals surface area contributed by atoms with Gasteiger partial charge < -0.3 is 19.4 Å². The van der Waals surface area contributed by atoms with E-state index in [4.69, 9.17) is 9.15 Å². The van der Waals surface area contributed by atoms with Crippen LogP contribution >= 0.6 is 0 Å². The number of hydrogen-bond acceptors (Lipinski definition) is 6. The van der Waals surface area contributed by atoms with Gasteiger partial charge in [0, 0.05) is 5.56 Å². The number of ether oxygens (including phenoxy) is 1. The van der Waals surface area contributed by atoms with Gasteiger partial charge in [0.2, 0.25) is 0 Å². The Morgan fingerprint density at radius 2 is 1.77 bits per heavy atom. The number of benzene rings is 2. The lowest BCUT2D eigenvalue weighted by Crippen LogP contribution is -2.29. The zero-order chi connectivity index (χ0) is 25.1. The van der Waals surface area contributed by atoms with E-state index in [0.29, 0.717) is 29.4 Å². The van der Waals surface area contributed by atoms with Gasteiger partial charge in [-0.25, -0.2) is 0 Å². The number of amides is 1. The number of aryl methyl sites for hydroxylation is 2. The number of anilines is 1. The maximum absolute atomic E-state index is 13.2. The van der Waals surface area contributed by atoms with Crippen molar-refractivity contribution in [1.29, 1.82) is 0 Å². The molecular formula is C28H29NO6. The van der Waals surface area contributed by atoms with Gasteiger partial charge in [0.1, 0.15) is 34.8 Å². The van der Waals surface area contributed by atoms with Crippen LogP contribution in [0, 0.1) is 13.8 Å². The normalized spacial score (nSPS) is 17.2. The highest BCUT2D eigenvalue weighted by Gasteiger charge is 2.49. The van der Waals surface area contributed by atoms with Gasteiger partial charge in [-0.2, -0.15) is 0 Å². The van der Waals surface area contributed by atoms with Crippen LogP contribution in [0.25, 0.3) is 5.76 Å². The van der Waals surface area contributed by atoms with Gasteiger partial charge in [-0.05, 0) is 74.4 Å². The Morgan fingerprint density at radius 1 is 1.03 bits per heavy atom. The predicted octanol–water partition coefficient (Wildman–Crippen LogP) is 5.80. The number of rotatable bonds is 8. The molecule has 1 amide bonds. The Morgan fingerprint density at radius 3 is 2.43 bits per heavy atom. The first-order valence-corrected chi connectivity index (χ1v) is 11.7. The molecule has 7 nitrogen and oxygen atoms in total. The molecule has 35 heavy (non-hydrogen) atoms. The monoisotopic (exact) mass is 475 g/mol. The molecule has 1 unspecified atom stereocenters. The molecule has 1 aromatic heterocycles. The minimum absolute atomic E-state index is 0.109. The van der Waals surface area contributed by atoms with Gasteiger partial charge in [0.05, 0.1) is 17.9 Å². The van der Waals surface area contributed by atoms with E-state index in [2.05, 4.69) is 6.92 Å². The van der Waals surface area contributed by atoms with Crippen molar-refractivity contribution in [2.24, 2.45) is 0 Å². The lowest BCUT2D eigenvalue weighted by Gasteiger charge is -2.24. The number of nitrogens with zero attached hydrogens (tertiary/aromatic N) is 1. The topological polar surface area (TPSA) is 100 Å². The molecule has 3 aromatic rings. The molecule has 0 saturated carbocycles. The van der Waals surface area contributed by atoms with Crippen LogP contribution in [0.3, 0.4) is 0 Å². The molecule has 1 aliphatic heterocycles. The lowest BCUT2D eigenvalue weighted by molar-refractivity contribution is -0.132. The fourth-order valence-electron chi connectivity index (χ4n) is 4.18. The fourth-order valence-corrected chi connectivity index (χ4v) is 4.18. The van der Waals surface area contributed by atoms with Crippen LogP contribution in [0.15, 0.2) is 64.6 Å². The summed E-state index contributed by atoms with van der Waals surface area (Å²) in [5.41, 5.74) is 1.22. The number of phenols is 1. The first kappa shape index (κ1) is 24.1. The van der Waals surface area contributed by atoms with E-state index in [1.807, 2.05) is 6.92 Å². The second kappa shape index (κ2) is 10.1. The molecule has 0 bridgehead atoms. The van der Waals surface area contributed by atoms with Crippen molar-refractivity contribution in [2.75, 3.05) is 11.5 Å². The highest BCUT2D eigenvalue weighted by molar-refractivity contribution is 6.51. The Balaban J connectivity index is 1.77. The van der Waals surface area contributed by atoms with Crippen molar-refractivity contribution in [3.8, 4) is 11.5 Å². The molecule has 1 atom stereocenters. The number of aliphatic hydroxyl groups excluding tert-OH is 1. The average molecular weight is 476 g/mol. The molecule has 0 aliphatic carbocycles. The molecule has 4 rings (SSSR count). The molecule has 7 heteroatoms. The summed E-state index contributed by atoms with van der Waals surface area (Å²) in [4.78, 5) is 27.6. The summed E-state index contributed by atoms with van der Waals surface area (Å²) in [5, 5.41) is 21.7. The number of Topliss-reactive ketones (excluding diaryl/α,β-unsaturated/α-hetero) is 1. The number of aliphatic hydroxyl groups is 1. The number of hydrogen-bond donors (Lipinski definition) is 2. The van der Waals surface area contributed by atoms with E-state index in [9.17, 15) is 19.8 Å². The minimum Gasteiger partial charge on any atom is -0.507 e. The molecule has 2 heterocycles. The zero-order valence-electron chi connectivity index (χ0n) is 20.1. The summed E-state index contributed by atoms with van der Waals surface area (Å²) in [6, 6.07) is 13.8. The quantitative estimate of drug-likeness (QED) is 0.185. The SMILES string of the molecule is CCCCCOc1ccc(/C(O)=C2/C(=O)C(=O)N(c3cc(C)ccc3O)C2c2ccc(C)o2)cc1. The average Bonchev–Trinajstić information content (AvgIpc) is 3.39. The van der Waals surface area contributed by atoms with Gasteiger partial charge in [-0.3, -0.25) is 14.5 Å². The second-order valence-corrected chi connectivity index (χ2v) is 8.69. The minimum atomic E-state index is -1.04. The zero-order valence-corrected chi connectivity index (χ0v) is 20.1. The Labute approximate surface area is 204 Å². The van der Waals surface area contributed by atoms with Crippen LogP contribution in [0.1, 0.15) is 54.9 Å². The number of ketones is 1. The van der Waals surface area contributed by atoms with Crippen LogP contribution in [0.4, 0.5) is 5.69 Å². The first-order chi connectivity index (χ1) is 16.8. The number of furan rings is 1. The highest BCUT2D eigenvalue weighted by atomic mass is 16.5. The summed E-state index contributed by atoms with van der Waals surface area (Å²) in [6.45, 7) is 6.29. The molecule has 1 fully saturated rings. The van der Waals surface area contributed by atoms with Gasteiger partial charge in [-0.15, -0.1) is 0 Å². The smallest absolute Gasteiger partial charge is 0.300 e. The number of phenolic OH excluding ortho intramolecular Hbond substituents is 1. The summed E-state index contributed by atoms with van der Waals surface area (Å²) in [7, 11) is 0. The number of aromatic hydroxyl groups is 1. The fraction of sp³-hybridized carbons (Fsp3) is 0.286. The molecule has 1 saturated heterocycles. The van der Waals surface area contributed by atoms with E-state index in [1.54, 1.807) is 55.5 Å². The number of unbranched alkanes of at least 4 members (excludes halogenated alkanes) is 2. The number of carbonyl (C=O) groups is 2. The third-order valence-electron chi connectivity index (χ3n) is 6.01. The lowest BCUT2D eigenvalue weighted by atomic mass is 9.99. The van der Waals surface area contributed by atoms with Crippen LogP contribution in [-0.2, 0) is 9.59 Å². The summed E-state index contributed by atoms with van der Waals surface area (Å²) < 4.78 is 11.5. The van der Waals surface area contributed by atoms with Crippen LogP contribution in [0.5, 0.6) is 11.5 Å². The van der Waals surface area contributed by atoms with Crippen molar-refractivity contribution < 1.29 is 29.0 Å². The van der Waals surface area contributed by atoms with Crippen LogP contribution < -0.4 is 9.64 Å². The molecule has 2 aromatic carbocycles. The van der Waals surface area contributed by atoms with Crippen molar-refractivity contribution in [3.05, 3.63) is 82.8 Å². The summed E-state index contributed by atoms with van der Waals surface area (Å²) >= 11 is 0. The molecular weight excluding hydrogens is 446 g/mol.